The smallest absolute Gasteiger partial charge is 0.182 e. The number of hydrogen-bond acceptors (Lipinski definition) is 2. The maximum absolute atomic E-state index is 5.59. The van der Waals surface area contributed by atoms with Crippen LogP contribution in [0.3, 0.4) is 0 Å². The first kappa shape index (κ1) is 7.10. The summed E-state index contributed by atoms with van der Waals surface area (Å²) in [6.07, 6.45) is 0. The van der Waals surface area contributed by atoms with Crippen LogP contribution in [0.1, 0.15) is 6.92 Å². The molecule has 0 N–H and O–H groups in total. The molecule has 1 heterocycles. The molecule has 0 aromatic carbocycles. The highest BCUT2D eigenvalue weighted by Crippen LogP contribution is 2.02. The van der Waals surface area contributed by atoms with E-state index < -0.39 is 0 Å². The predicted octanol–water partition coefficient (Wildman–Crippen LogP) is -0.294. The zero-order chi connectivity index (χ0) is 6.85. The Morgan fingerprint density at radius 1 is 1.44 bits per heavy atom. The molecule has 9 heavy (non-hydrogen) atoms. The quantitative estimate of drug-likeness (QED) is 0.409. The summed E-state index contributed by atoms with van der Waals surface area (Å²) >= 11 is 0. The molecule has 1 aliphatic rings. The van der Waals surface area contributed by atoms with Crippen molar-refractivity contribution in [2.75, 3.05) is 26.7 Å². The molecule has 1 atom stereocenters. The Balaban J connectivity index is 2.35. The Hall–Kier alpha value is -0.0151. The van der Waals surface area contributed by atoms with E-state index in [9.17, 15) is 0 Å². The average Bonchev–Trinajstić information content (AvgIpc) is 1.80. The van der Waals surface area contributed by atoms with Gasteiger partial charge in [-0.15, -0.1) is 0 Å². The van der Waals surface area contributed by atoms with E-state index in [-0.39, 0.29) is 0 Å². The normalized spacial score (nSPS) is 32.9. The molecule has 3 heteroatoms. The zero-order valence-corrected chi connectivity index (χ0v) is 6.17. The fraction of sp³-hybridized carbons (Fsp3) is 1.00. The van der Waals surface area contributed by atoms with Crippen LogP contribution < -0.4 is 0 Å². The Bertz CT molecular complexity index is 97.1. The van der Waals surface area contributed by atoms with Crippen molar-refractivity contribution in [2.45, 2.75) is 13.0 Å². The number of rotatable bonds is 0. The van der Waals surface area contributed by atoms with Crippen LogP contribution in [-0.2, 0) is 0 Å². The second kappa shape index (κ2) is 2.71. The molecule has 1 rings (SSSR count). The standard InChI is InChI=1S/C6H13BN2/c1-6-5-9(7)4-3-8(6)2/h6H,3-5H2,1-2H3. The van der Waals surface area contributed by atoms with E-state index in [0.717, 1.165) is 19.6 Å². The molecule has 0 aliphatic carbocycles. The van der Waals surface area contributed by atoms with Gasteiger partial charge in [0, 0.05) is 19.1 Å². The van der Waals surface area contributed by atoms with Crippen LogP contribution in [0.2, 0.25) is 0 Å². The summed E-state index contributed by atoms with van der Waals surface area (Å²) in [5, 5.41) is 0. The van der Waals surface area contributed by atoms with Crippen molar-refractivity contribution >= 4 is 7.98 Å². The highest BCUT2D eigenvalue weighted by molar-refractivity contribution is 6.04. The van der Waals surface area contributed by atoms with E-state index in [1.807, 2.05) is 4.81 Å². The van der Waals surface area contributed by atoms with Gasteiger partial charge in [-0.25, -0.2) is 0 Å². The molecule has 2 radical (unpaired) electrons. The highest BCUT2D eigenvalue weighted by Gasteiger charge is 2.16. The van der Waals surface area contributed by atoms with Gasteiger partial charge in [0.15, 0.2) is 7.98 Å². The minimum atomic E-state index is 0.615. The third-order valence-corrected chi connectivity index (χ3v) is 1.99. The zero-order valence-electron chi connectivity index (χ0n) is 6.17. The summed E-state index contributed by atoms with van der Waals surface area (Å²) < 4.78 is 0. The Labute approximate surface area is 58.3 Å². The van der Waals surface area contributed by atoms with E-state index in [1.54, 1.807) is 0 Å². The summed E-state index contributed by atoms with van der Waals surface area (Å²) in [5.41, 5.74) is 0. The van der Waals surface area contributed by atoms with Gasteiger partial charge in [0.25, 0.3) is 0 Å². The van der Waals surface area contributed by atoms with Crippen molar-refractivity contribution in [3.63, 3.8) is 0 Å². The molecule has 0 spiro atoms. The molecule has 0 saturated carbocycles. The molecule has 0 bridgehead atoms. The molecular weight excluding hydrogens is 111 g/mol. The van der Waals surface area contributed by atoms with Crippen LogP contribution in [0.15, 0.2) is 0 Å². The maximum atomic E-state index is 5.59. The Morgan fingerprint density at radius 2 is 2.11 bits per heavy atom. The van der Waals surface area contributed by atoms with Gasteiger partial charge in [-0.05, 0) is 20.5 Å². The second-order valence-electron chi connectivity index (χ2n) is 2.82. The van der Waals surface area contributed by atoms with Gasteiger partial charge in [-0.1, -0.05) is 0 Å². The molecule has 1 unspecified atom stereocenters. The number of hydrogen-bond donors (Lipinski definition) is 0. The topological polar surface area (TPSA) is 6.48 Å². The van der Waals surface area contributed by atoms with Crippen molar-refractivity contribution in [1.29, 1.82) is 0 Å². The average molecular weight is 124 g/mol. The molecule has 50 valence electrons. The first-order valence-electron chi connectivity index (χ1n) is 3.40. The van der Waals surface area contributed by atoms with Gasteiger partial charge in [0.1, 0.15) is 0 Å². The molecular formula is C6H13BN2. The predicted molar refractivity (Wildman–Crippen MR) is 39.4 cm³/mol. The van der Waals surface area contributed by atoms with Crippen molar-refractivity contribution in [3.8, 4) is 0 Å². The molecule has 0 amide bonds. The summed E-state index contributed by atoms with van der Waals surface area (Å²) in [6.45, 7) is 5.29. The lowest BCUT2D eigenvalue weighted by molar-refractivity contribution is 0.162. The van der Waals surface area contributed by atoms with Crippen molar-refractivity contribution in [3.05, 3.63) is 0 Å². The Morgan fingerprint density at radius 3 is 2.56 bits per heavy atom. The van der Waals surface area contributed by atoms with Gasteiger partial charge in [-0.2, -0.15) is 0 Å². The van der Waals surface area contributed by atoms with Gasteiger partial charge in [0.2, 0.25) is 0 Å². The largest absolute Gasteiger partial charge is 0.351 e. The van der Waals surface area contributed by atoms with Crippen molar-refractivity contribution in [1.82, 2.24) is 9.71 Å². The van der Waals surface area contributed by atoms with Crippen LogP contribution in [0.5, 0.6) is 0 Å². The lowest BCUT2D eigenvalue weighted by Gasteiger charge is -2.35. The molecule has 0 aromatic rings. The lowest BCUT2D eigenvalue weighted by Crippen LogP contribution is -2.48. The molecule has 0 aromatic heterocycles. The van der Waals surface area contributed by atoms with E-state index in [1.165, 1.54) is 0 Å². The van der Waals surface area contributed by atoms with Crippen LogP contribution in [0, 0.1) is 0 Å². The maximum Gasteiger partial charge on any atom is 0.182 e. The summed E-state index contributed by atoms with van der Waals surface area (Å²) in [7, 11) is 7.73. The molecule has 2 nitrogen and oxygen atoms in total. The van der Waals surface area contributed by atoms with Gasteiger partial charge in [0.05, 0.1) is 0 Å². The first-order valence-corrected chi connectivity index (χ1v) is 3.40. The minimum absolute atomic E-state index is 0.615. The fourth-order valence-electron chi connectivity index (χ4n) is 1.08. The van der Waals surface area contributed by atoms with Crippen molar-refractivity contribution in [2.24, 2.45) is 0 Å². The molecule has 1 aliphatic heterocycles. The van der Waals surface area contributed by atoms with Crippen LogP contribution in [0.25, 0.3) is 0 Å². The van der Waals surface area contributed by atoms with Crippen LogP contribution in [0.4, 0.5) is 0 Å². The van der Waals surface area contributed by atoms with Gasteiger partial charge in [-0.3, -0.25) is 0 Å². The van der Waals surface area contributed by atoms with Gasteiger partial charge >= 0.3 is 0 Å². The number of nitrogens with zero attached hydrogens (tertiary/aromatic N) is 2. The SMILES string of the molecule is [B]N1CCN(C)C(C)C1. The summed E-state index contributed by atoms with van der Waals surface area (Å²) in [4.78, 5) is 4.20. The monoisotopic (exact) mass is 124 g/mol. The minimum Gasteiger partial charge on any atom is -0.351 e. The highest BCUT2D eigenvalue weighted by atomic mass is 15.2. The lowest BCUT2D eigenvalue weighted by atomic mass is 10.1. The van der Waals surface area contributed by atoms with Crippen LogP contribution >= 0.6 is 0 Å². The third-order valence-electron chi connectivity index (χ3n) is 1.99. The fourth-order valence-corrected chi connectivity index (χ4v) is 1.08. The summed E-state index contributed by atoms with van der Waals surface area (Å²) in [6, 6.07) is 0.615. The number of likely N-dealkylation sites (N-methyl/N-ethyl adjacent to an activating group) is 1. The van der Waals surface area contributed by atoms with E-state index in [4.69, 9.17) is 7.98 Å². The molecule has 1 fully saturated rings. The Kier molecular flexibility index (Phi) is 2.14. The van der Waals surface area contributed by atoms with Crippen molar-refractivity contribution < 1.29 is 0 Å². The molecule has 1 saturated heterocycles. The second-order valence-corrected chi connectivity index (χ2v) is 2.82. The van der Waals surface area contributed by atoms with Crippen LogP contribution in [-0.4, -0.2) is 50.4 Å². The van der Waals surface area contributed by atoms with E-state index in [2.05, 4.69) is 18.9 Å². The van der Waals surface area contributed by atoms with Gasteiger partial charge < -0.3 is 9.71 Å². The first-order chi connectivity index (χ1) is 4.20. The number of piperazine rings is 1. The summed E-state index contributed by atoms with van der Waals surface area (Å²) in [5.74, 6) is 0. The van der Waals surface area contributed by atoms with E-state index >= 15 is 0 Å². The third kappa shape index (κ3) is 1.70. The van der Waals surface area contributed by atoms with E-state index in [0.29, 0.717) is 6.04 Å².